The van der Waals surface area contributed by atoms with Gasteiger partial charge in [0, 0.05) is 19.7 Å². The van der Waals surface area contributed by atoms with E-state index >= 15 is 0 Å². The number of benzene rings is 3. The van der Waals surface area contributed by atoms with E-state index in [1.54, 1.807) is 16.8 Å². The highest BCUT2D eigenvalue weighted by molar-refractivity contribution is 5.90. The molecule has 0 heterocycles. The minimum absolute atomic E-state index is 0.170. The molecule has 0 aliphatic heterocycles. The lowest BCUT2D eigenvalue weighted by Gasteiger charge is -2.30. The van der Waals surface area contributed by atoms with Crippen molar-refractivity contribution in [2.45, 2.75) is 20.0 Å². The summed E-state index contributed by atoms with van der Waals surface area (Å²) >= 11 is 0. The van der Waals surface area contributed by atoms with Crippen molar-refractivity contribution in [2.75, 3.05) is 7.05 Å². The van der Waals surface area contributed by atoms with Crippen LogP contribution in [0.15, 0.2) is 91.0 Å². The maximum atomic E-state index is 13.5. The van der Waals surface area contributed by atoms with E-state index in [0.29, 0.717) is 18.8 Å². The Balaban J connectivity index is 1.95. The second-order valence-corrected chi connectivity index (χ2v) is 7.25. The number of hydrogen-bond donors (Lipinski definition) is 0. The third-order valence-corrected chi connectivity index (χ3v) is 4.87. The predicted octanol–water partition coefficient (Wildman–Crippen LogP) is 5.29. The second-order valence-electron chi connectivity index (χ2n) is 7.25. The van der Waals surface area contributed by atoms with Gasteiger partial charge >= 0.3 is 6.03 Å². The van der Waals surface area contributed by atoms with Gasteiger partial charge in [0.2, 0.25) is 0 Å². The van der Waals surface area contributed by atoms with Gasteiger partial charge in [-0.15, -0.1) is 0 Å². The van der Waals surface area contributed by atoms with Crippen LogP contribution in [-0.4, -0.2) is 29.2 Å². The number of aryl methyl sites for hydroxylation is 1. The molecule has 0 saturated carbocycles. The summed E-state index contributed by atoms with van der Waals surface area (Å²) in [4.78, 5) is 28.3. The molecule has 0 fully saturated rings. The highest BCUT2D eigenvalue weighted by Gasteiger charge is 2.23. The SMILES string of the molecule is Cc1ccc(/C(=C/C=O)N(Cc2ccccc2)C(=O)N(C)Cc2ccccc2)cc1. The van der Waals surface area contributed by atoms with Crippen molar-refractivity contribution in [3.63, 3.8) is 0 Å². The predicted molar refractivity (Wildman–Crippen MR) is 121 cm³/mol. The average molecular weight is 399 g/mol. The van der Waals surface area contributed by atoms with Crippen LogP contribution in [-0.2, 0) is 17.9 Å². The molecule has 0 N–H and O–H groups in total. The van der Waals surface area contributed by atoms with Crippen LogP contribution in [0.4, 0.5) is 4.79 Å². The van der Waals surface area contributed by atoms with E-state index in [0.717, 1.165) is 28.5 Å². The third-order valence-electron chi connectivity index (χ3n) is 4.87. The highest BCUT2D eigenvalue weighted by Crippen LogP contribution is 2.24. The molecule has 152 valence electrons. The van der Waals surface area contributed by atoms with E-state index < -0.39 is 0 Å². The van der Waals surface area contributed by atoms with Gasteiger partial charge < -0.3 is 4.90 Å². The fourth-order valence-electron chi connectivity index (χ4n) is 3.28. The summed E-state index contributed by atoms with van der Waals surface area (Å²) in [5.41, 5.74) is 4.56. The first-order valence-corrected chi connectivity index (χ1v) is 9.91. The van der Waals surface area contributed by atoms with Crippen molar-refractivity contribution >= 4 is 18.0 Å². The summed E-state index contributed by atoms with van der Waals surface area (Å²) in [5, 5.41) is 0. The van der Waals surface area contributed by atoms with Gasteiger partial charge in [-0.3, -0.25) is 9.69 Å². The molecule has 0 aliphatic rings. The first-order chi connectivity index (χ1) is 14.6. The van der Waals surface area contributed by atoms with E-state index in [1.165, 1.54) is 6.08 Å². The third kappa shape index (κ3) is 5.45. The topological polar surface area (TPSA) is 40.6 Å². The lowest BCUT2D eigenvalue weighted by atomic mass is 10.1. The van der Waals surface area contributed by atoms with Crippen LogP contribution < -0.4 is 0 Å². The number of hydrogen-bond acceptors (Lipinski definition) is 2. The highest BCUT2D eigenvalue weighted by atomic mass is 16.2. The molecular weight excluding hydrogens is 372 g/mol. The molecule has 0 saturated heterocycles. The van der Waals surface area contributed by atoms with E-state index in [4.69, 9.17) is 0 Å². The van der Waals surface area contributed by atoms with Crippen molar-refractivity contribution in [1.29, 1.82) is 0 Å². The summed E-state index contributed by atoms with van der Waals surface area (Å²) in [5.74, 6) is 0. The maximum absolute atomic E-state index is 13.5. The van der Waals surface area contributed by atoms with Gasteiger partial charge in [-0.2, -0.15) is 0 Å². The molecule has 0 bridgehead atoms. The Bertz CT molecular complexity index is 996. The van der Waals surface area contributed by atoms with Crippen molar-refractivity contribution in [3.05, 3.63) is 113 Å². The normalized spacial score (nSPS) is 11.1. The van der Waals surface area contributed by atoms with Gasteiger partial charge in [-0.05, 0) is 23.6 Å². The largest absolute Gasteiger partial charge is 0.324 e. The quantitative estimate of drug-likeness (QED) is 0.401. The number of carbonyl (C=O) groups excluding carboxylic acids is 2. The Morgan fingerprint density at radius 1 is 0.800 bits per heavy atom. The Morgan fingerprint density at radius 3 is 1.87 bits per heavy atom. The molecule has 0 atom stereocenters. The van der Waals surface area contributed by atoms with Gasteiger partial charge in [0.1, 0.15) is 6.29 Å². The Kier molecular flexibility index (Phi) is 7.17. The Hall–Kier alpha value is -3.66. The molecule has 3 rings (SSSR count). The number of nitrogens with zero attached hydrogens (tertiary/aromatic N) is 2. The summed E-state index contributed by atoms with van der Waals surface area (Å²) in [6.07, 6.45) is 2.19. The molecular formula is C26H26N2O2. The van der Waals surface area contributed by atoms with Crippen LogP contribution in [0.25, 0.3) is 5.70 Å². The van der Waals surface area contributed by atoms with Crippen LogP contribution in [0, 0.1) is 6.92 Å². The minimum Gasteiger partial charge on any atom is -0.323 e. The van der Waals surface area contributed by atoms with E-state index in [1.807, 2.05) is 91.9 Å². The van der Waals surface area contributed by atoms with Crippen molar-refractivity contribution < 1.29 is 9.59 Å². The van der Waals surface area contributed by atoms with Crippen molar-refractivity contribution in [3.8, 4) is 0 Å². The Labute approximate surface area is 178 Å². The number of aldehydes is 1. The fraction of sp³-hybridized carbons (Fsp3) is 0.154. The van der Waals surface area contributed by atoms with Crippen molar-refractivity contribution in [2.24, 2.45) is 0 Å². The zero-order chi connectivity index (χ0) is 21.3. The van der Waals surface area contributed by atoms with E-state index in [9.17, 15) is 9.59 Å². The number of amides is 2. The molecule has 3 aromatic rings. The summed E-state index contributed by atoms with van der Waals surface area (Å²) in [6.45, 7) is 2.85. The average Bonchev–Trinajstić information content (AvgIpc) is 2.78. The standard InChI is InChI=1S/C26H26N2O2/c1-21-13-15-24(16-14-21)25(17-18-29)28(20-23-11-7-4-8-12-23)26(30)27(2)19-22-9-5-3-6-10-22/h3-18H,19-20H2,1-2H3/b25-17-. The van der Waals surface area contributed by atoms with Gasteiger partial charge in [0.15, 0.2) is 0 Å². The van der Waals surface area contributed by atoms with E-state index in [2.05, 4.69) is 0 Å². The summed E-state index contributed by atoms with van der Waals surface area (Å²) in [6, 6.07) is 27.3. The summed E-state index contributed by atoms with van der Waals surface area (Å²) in [7, 11) is 1.78. The number of allylic oxidation sites excluding steroid dienone is 1. The maximum Gasteiger partial charge on any atom is 0.324 e. The smallest absolute Gasteiger partial charge is 0.323 e. The molecule has 0 unspecified atom stereocenters. The van der Waals surface area contributed by atoms with Gasteiger partial charge in [-0.25, -0.2) is 4.79 Å². The lowest BCUT2D eigenvalue weighted by Crippen LogP contribution is -2.39. The van der Waals surface area contributed by atoms with Gasteiger partial charge in [0.05, 0.1) is 12.2 Å². The fourth-order valence-corrected chi connectivity index (χ4v) is 3.28. The Morgan fingerprint density at radius 2 is 1.33 bits per heavy atom. The molecule has 4 heteroatoms. The molecule has 0 aromatic heterocycles. The van der Waals surface area contributed by atoms with Crippen LogP contribution in [0.1, 0.15) is 22.3 Å². The first-order valence-electron chi connectivity index (χ1n) is 9.91. The van der Waals surface area contributed by atoms with Crippen LogP contribution in [0.2, 0.25) is 0 Å². The van der Waals surface area contributed by atoms with Gasteiger partial charge in [0.25, 0.3) is 0 Å². The van der Waals surface area contributed by atoms with Crippen LogP contribution >= 0.6 is 0 Å². The lowest BCUT2D eigenvalue weighted by molar-refractivity contribution is -0.104. The van der Waals surface area contributed by atoms with Gasteiger partial charge in [-0.1, -0.05) is 90.5 Å². The zero-order valence-electron chi connectivity index (χ0n) is 17.4. The molecule has 0 spiro atoms. The number of urea groups is 1. The van der Waals surface area contributed by atoms with Crippen LogP contribution in [0.3, 0.4) is 0 Å². The number of rotatable bonds is 7. The first kappa shape index (κ1) is 21.1. The molecule has 2 amide bonds. The minimum atomic E-state index is -0.170. The molecule has 0 radical (unpaired) electrons. The summed E-state index contributed by atoms with van der Waals surface area (Å²) < 4.78 is 0. The zero-order valence-corrected chi connectivity index (χ0v) is 17.4. The van der Waals surface area contributed by atoms with Crippen LogP contribution in [0.5, 0.6) is 0 Å². The van der Waals surface area contributed by atoms with E-state index in [-0.39, 0.29) is 6.03 Å². The molecule has 0 aliphatic carbocycles. The molecule has 30 heavy (non-hydrogen) atoms. The molecule has 4 nitrogen and oxygen atoms in total. The molecule has 3 aromatic carbocycles. The second kappa shape index (κ2) is 10.2. The monoisotopic (exact) mass is 398 g/mol. The van der Waals surface area contributed by atoms with Crippen molar-refractivity contribution in [1.82, 2.24) is 9.80 Å². The number of carbonyl (C=O) groups is 2.